The highest BCUT2D eigenvalue weighted by molar-refractivity contribution is 5.97. The van der Waals surface area contributed by atoms with E-state index in [1.54, 1.807) is 4.90 Å². The molecule has 20 heavy (non-hydrogen) atoms. The monoisotopic (exact) mass is 279 g/mol. The summed E-state index contributed by atoms with van der Waals surface area (Å²) in [4.78, 5) is 14.0. The van der Waals surface area contributed by atoms with Crippen LogP contribution in [0.25, 0.3) is 0 Å². The zero-order valence-electron chi connectivity index (χ0n) is 12.2. The molecule has 110 valence electrons. The molecule has 1 aromatic carbocycles. The average Bonchev–Trinajstić information content (AvgIpc) is 2.47. The molecule has 0 unspecified atom stereocenters. The van der Waals surface area contributed by atoms with Crippen molar-refractivity contribution in [2.75, 3.05) is 13.1 Å². The summed E-state index contributed by atoms with van der Waals surface area (Å²) in [7, 11) is 0. The zero-order valence-corrected chi connectivity index (χ0v) is 12.2. The predicted octanol–water partition coefficient (Wildman–Crippen LogP) is 3.57. The maximum atomic E-state index is 13.7. The molecule has 1 amide bonds. The van der Waals surface area contributed by atoms with Crippen molar-refractivity contribution in [1.82, 2.24) is 4.90 Å². The van der Waals surface area contributed by atoms with E-state index in [0.29, 0.717) is 18.5 Å². The van der Waals surface area contributed by atoms with Gasteiger partial charge >= 0.3 is 0 Å². The summed E-state index contributed by atoms with van der Waals surface area (Å²) in [6.07, 6.45) is 4.11. The van der Waals surface area contributed by atoms with Gasteiger partial charge in [-0.2, -0.15) is 0 Å². The lowest BCUT2D eigenvalue weighted by Crippen LogP contribution is -2.43. The molecular formula is C16H22FNO2. The number of nitrogens with zero attached hydrogens (tertiary/aromatic N) is 1. The number of hydrogen-bond donors (Lipinski definition) is 1. The summed E-state index contributed by atoms with van der Waals surface area (Å²) in [5.41, 5.74) is 0.113. The van der Waals surface area contributed by atoms with Crippen LogP contribution in [0.2, 0.25) is 0 Å². The number of aromatic hydroxyl groups is 1. The lowest BCUT2D eigenvalue weighted by molar-refractivity contribution is 0.0550. The van der Waals surface area contributed by atoms with Crippen molar-refractivity contribution in [1.29, 1.82) is 0 Å². The molecule has 1 aliphatic heterocycles. The molecule has 0 atom stereocenters. The second-order valence-corrected chi connectivity index (χ2v) is 5.63. The van der Waals surface area contributed by atoms with E-state index in [9.17, 15) is 14.3 Å². The summed E-state index contributed by atoms with van der Waals surface area (Å²) in [6, 6.07) is 3.96. The number of halogens is 1. The average molecular weight is 279 g/mol. The standard InChI is InChI=1S/C16H22FNO2/c1-3-16(4-2)8-10-18(11-9-16)15(20)14-12(17)6-5-7-13(14)19/h5-7,19H,3-4,8-11H2,1-2H3. The molecule has 0 aromatic heterocycles. The third kappa shape index (κ3) is 2.65. The van der Waals surface area contributed by atoms with E-state index >= 15 is 0 Å². The molecule has 0 saturated carbocycles. The summed E-state index contributed by atoms with van der Waals surface area (Å²) >= 11 is 0. The minimum absolute atomic E-state index is 0.201. The van der Waals surface area contributed by atoms with Gasteiger partial charge < -0.3 is 10.0 Å². The first-order valence-corrected chi connectivity index (χ1v) is 7.30. The zero-order chi connectivity index (χ0) is 14.8. The number of rotatable bonds is 3. The Morgan fingerprint density at radius 1 is 1.30 bits per heavy atom. The van der Waals surface area contributed by atoms with E-state index in [-0.39, 0.29) is 11.3 Å². The van der Waals surface area contributed by atoms with Gasteiger partial charge in [0.15, 0.2) is 0 Å². The number of carbonyl (C=O) groups is 1. The fraction of sp³-hybridized carbons (Fsp3) is 0.562. The minimum Gasteiger partial charge on any atom is -0.507 e. The predicted molar refractivity (Wildman–Crippen MR) is 76.2 cm³/mol. The van der Waals surface area contributed by atoms with Gasteiger partial charge in [-0.25, -0.2) is 4.39 Å². The number of likely N-dealkylation sites (tertiary alicyclic amines) is 1. The van der Waals surface area contributed by atoms with E-state index in [2.05, 4.69) is 13.8 Å². The molecular weight excluding hydrogens is 257 g/mol. The molecule has 1 fully saturated rings. The van der Waals surface area contributed by atoms with Crippen LogP contribution in [0, 0.1) is 11.2 Å². The second kappa shape index (κ2) is 5.81. The van der Waals surface area contributed by atoms with Gasteiger partial charge in [-0.05, 0) is 30.4 Å². The Bertz CT molecular complexity index is 467. The molecule has 0 spiro atoms. The van der Waals surface area contributed by atoms with Gasteiger partial charge in [0.2, 0.25) is 0 Å². The number of carbonyl (C=O) groups excluding carboxylic acids is 1. The van der Waals surface area contributed by atoms with Gasteiger partial charge in [0.25, 0.3) is 5.91 Å². The first-order valence-electron chi connectivity index (χ1n) is 7.30. The van der Waals surface area contributed by atoms with Crippen molar-refractivity contribution in [2.24, 2.45) is 5.41 Å². The largest absolute Gasteiger partial charge is 0.507 e. The molecule has 1 N–H and O–H groups in total. The number of phenols is 1. The Morgan fingerprint density at radius 3 is 2.40 bits per heavy atom. The van der Waals surface area contributed by atoms with E-state index in [4.69, 9.17) is 0 Å². The van der Waals surface area contributed by atoms with E-state index in [1.165, 1.54) is 18.2 Å². The van der Waals surface area contributed by atoms with Gasteiger partial charge in [0.1, 0.15) is 17.1 Å². The molecule has 1 saturated heterocycles. The molecule has 0 radical (unpaired) electrons. The fourth-order valence-electron chi connectivity index (χ4n) is 3.02. The molecule has 2 rings (SSSR count). The van der Waals surface area contributed by atoms with Crippen molar-refractivity contribution in [2.45, 2.75) is 39.5 Å². The first kappa shape index (κ1) is 14.8. The lowest BCUT2D eigenvalue weighted by atomic mass is 9.74. The number of hydrogen-bond acceptors (Lipinski definition) is 2. The second-order valence-electron chi connectivity index (χ2n) is 5.63. The highest BCUT2D eigenvalue weighted by Gasteiger charge is 2.34. The lowest BCUT2D eigenvalue weighted by Gasteiger charge is -2.41. The van der Waals surface area contributed by atoms with E-state index < -0.39 is 11.7 Å². The van der Waals surface area contributed by atoms with Crippen LogP contribution in [0.5, 0.6) is 5.75 Å². The Kier molecular flexibility index (Phi) is 4.31. The van der Waals surface area contributed by atoms with Gasteiger partial charge in [-0.1, -0.05) is 32.8 Å². The fourth-order valence-corrected chi connectivity index (χ4v) is 3.02. The molecule has 1 heterocycles. The van der Waals surface area contributed by atoms with Gasteiger partial charge in [0, 0.05) is 13.1 Å². The minimum atomic E-state index is -0.655. The highest BCUT2D eigenvalue weighted by Crippen LogP contribution is 2.38. The number of piperidine rings is 1. The van der Waals surface area contributed by atoms with Crippen molar-refractivity contribution in [3.05, 3.63) is 29.6 Å². The van der Waals surface area contributed by atoms with Crippen molar-refractivity contribution in [3.63, 3.8) is 0 Å². The van der Waals surface area contributed by atoms with Crippen molar-refractivity contribution >= 4 is 5.91 Å². The Morgan fingerprint density at radius 2 is 1.90 bits per heavy atom. The first-order chi connectivity index (χ1) is 9.53. The number of amides is 1. The van der Waals surface area contributed by atoms with Crippen LogP contribution in [-0.4, -0.2) is 29.0 Å². The van der Waals surface area contributed by atoms with Crippen molar-refractivity contribution in [3.8, 4) is 5.75 Å². The van der Waals surface area contributed by atoms with Crippen LogP contribution in [-0.2, 0) is 0 Å². The molecule has 1 aliphatic rings. The molecule has 0 bridgehead atoms. The van der Waals surface area contributed by atoms with Crippen LogP contribution in [0.1, 0.15) is 49.9 Å². The van der Waals surface area contributed by atoms with E-state index in [0.717, 1.165) is 25.7 Å². The Balaban J connectivity index is 2.13. The maximum Gasteiger partial charge on any atom is 0.260 e. The third-order valence-electron chi connectivity index (χ3n) is 4.82. The van der Waals surface area contributed by atoms with Gasteiger partial charge in [-0.3, -0.25) is 4.79 Å². The molecule has 1 aromatic rings. The third-order valence-corrected chi connectivity index (χ3v) is 4.82. The maximum absolute atomic E-state index is 13.7. The topological polar surface area (TPSA) is 40.5 Å². The quantitative estimate of drug-likeness (QED) is 0.918. The Hall–Kier alpha value is -1.58. The summed E-state index contributed by atoms with van der Waals surface area (Å²) < 4.78 is 13.7. The van der Waals surface area contributed by atoms with Crippen molar-refractivity contribution < 1.29 is 14.3 Å². The highest BCUT2D eigenvalue weighted by atomic mass is 19.1. The van der Waals surface area contributed by atoms with E-state index in [1.807, 2.05) is 0 Å². The van der Waals surface area contributed by atoms with Crippen LogP contribution in [0.15, 0.2) is 18.2 Å². The summed E-state index contributed by atoms with van der Waals surface area (Å²) in [5.74, 6) is -1.34. The molecule has 3 nitrogen and oxygen atoms in total. The smallest absolute Gasteiger partial charge is 0.260 e. The number of benzene rings is 1. The van der Waals surface area contributed by atoms with Crippen LogP contribution >= 0.6 is 0 Å². The SMILES string of the molecule is CCC1(CC)CCN(C(=O)c2c(O)cccc2F)CC1. The van der Waals surface area contributed by atoms with Crippen LogP contribution in [0.4, 0.5) is 4.39 Å². The summed E-state index contributed by atoms with van der Waals surface area (Å²) in [5, 5.41) is 9.70. The molecule has 4 heteroatoms. The van der Waals surface area contributed by atoms with Crippen LogP contribution in [0.3, 0.4) is 0 Å². The summed E-state index contributed by atoms with van der Waals surface area (Å²) in [6.45, 7) is 5.63. The molecule has 0 aliphatic carbocycles. The normalized spacial score (nSPS) is 18.1. The van der Waals surface area contributed by atoms with Gasteiger partial charge in [0.05, 0.1) is 0 Å². The Labute approximate surface area is 119 Å². The van der Waals surface area contributed by atoms with Gasteiger partial charge in [-0.15, -0.1) is 0 Å². The van der Waals surface area contributed by atoms with Crippen LogP contribution < -0.4 is 0 Å². The number of phenolic OH excluding ortho intramolecular Hbond substituents is 1.